The van der Waals surface area contributed by atoms with Crippen molar-refractivity contribution in [1.29, 1.82) is 0 Å². The number of hydrogen-bond acceptors (Lipinski definition) is 4. The van der Waals surface area contributed by atoms with Gasteiger partial charge in [0.25, 0.3) is 0 Å². The van der Waals surface area contributed by atoms with E-state index in [0.717, 1.165) is 23.4 Å². The van der Waals surface area contributed by atoms with Gasteiger partial charge in [-0.15, -0.1) is 0 Å². The van der Waals surface area contributed by atoms with E-state index in [2.05, 4.69) is 16.9 Å². The van der Waals surface area contributed by atoms with E-state index in [4.69, 9.17) is 9.47 Å². The standard InChI is InChI=1S/C16H17N3O2/c1-4-12-15(11-8-6-5-7-9-11)18-16-17-13(20-2)10-14(21-3)19(12)16/h5-10H,4H2,1-3H3. The molecule has 0 aliphatic heterocycles. The Morgan fingerprint density at radius 3 is 2.43 bits per heavy atom. The maximum Gasteiger partial charge on any atom is 0.240 e. The third-order valence-corrected chi connectivity index (χ3v) is 3.43. The summed E-state index contributed by atoms with van der Waals surface area (Å²) in [5.41, 5.74) is 3.07. The first-order valence-electron chi connectivity index (χ1n) is 6.84. The van der Waals surface area contributed by atoms with E-state index in [1.54, 1.807) is 20.3 Å². The topological polar surface area (TPSA) is 48.7 Å². The lowest BCUT2D eigenvalue weighted by molar-refractivity contribution is 0.368. The number of rotatable bonds is 4. The third-order valence-electron chi connectivity index (χ3n) is 3.43. The van der Waals surface area contributed by atoms with Crippen molar-refractivity contribution in [2.24, 2.45) is 0 Å². The normalized spacial score (nSPS) is 10.8. The third kappa shape index (κ3) is 2.20. The maximum atomic E-state index is 5.46. The zero-order chi connectivity index (χ0) is 14.8. The number of nitrogens with zero attached hydrogens (tertiary/aromatic N) is 3. The van der Waals surface area contributed by atoms with Gasteiger partial charge in [0.05, 0.1) is 31.7 Å². The predicted molar refractivity (Wildman–Crippen MR) is 80.9 cm³/mol. The van der Waals surface area contributed by atoms with Crippen molar-refractivity contribution in [2.75, 3.05) is 14.2 Å². The number of fused-ring (bicyclic) bond motifs is 1. The fourth-order valence-corrected chi connectivity index (χ4v) is 2.46. The molecule has 5 nitrogen and oxygen atoms in total. The minimum atomic E-state index is 0.492. The summed E-state index contributed by atoms with van der Waals surface area (Å²) in [6.07, 6.45) is 0.829. The number of aryl methyl sites for hydroxylation is 1. The van der Waals surface area contributed by atoms with Crippen LogP contribution in [0.1, 0.15) is 12.6 Å². The number of hydrogen-bond donors (Lipinski definition) is 0. The van der Waals surface area contributed by atoms with Gasteiger partial charge in [0.1, 0.15) is 0 Å². The van der Waals surface area contributed by atoms with Crippen LogP contribution in [0.3, 0.4) is 0 Å². The quantitative estimate of drug-likeness (QED) is 0.738. The van der Waals surface area contributed by atoms with Crippen molar-refractivity contribution >= 4 is 5.78 Å². The van der Waals surface area contributed by atoms with Crippen LogP contribution in [-0.4, -0.2) is 28.6 Å². The van der Waals surface area contributed by atoms with Crippen LogP contribution in [0.15, 0.2) is 36.4 Å². The first kappa shape index (κ1) is 13.4. The summed E-state index contributed by atoms with van der Waals surface area (Å²) in [4.78, 5) is 9.07. The molecule has 0 spiro atoms. The van der Waals surface area contributed by atoms with Gasteiger partial charge < -0.3 is 9.47 Å². The molecule has 108 valence electrons. The molecule has 3 rings (SSSR count). The fraction of sp³-hybridized carbons (Fsp3) is 0.250. The fourth-order valence-electron chi connectivity index (χ4n) is 2.46. The summed E-state index contributed by atoms with van der Waals surface area (Å²) >= 11 is 0. The Hall–Kier alpha value is -2.56. The van der Waals surface area contributed by atoms with E-state index in [0.29, 0.717) is 17.5 Å². The highest BCUT2D eigenvalue weighted by molar-refractivity contribution is 5.66. The Labute approximate surface area is 123 Å². The lowest BCUT2D eigenvalue weighted by Gasteiger charge is -2.08. The molecule has 2 aromatic heterocycles. The van der Waals surface area contributed by atoms with Crippen molar-refractivity contribution in [3.8, 4) is 23.0 Å². The molecule has 0 saturated carbocycles. The summed E-state index contributed by atoms with van der Waals surface area (Å²) in [6, 6.07) is 11.9. The van der Waals surface area contributed by atoms with Crippen molar-refractivity contribution in [3.63, 3.8) is 0 Å². The van der Waals surface area contributed by atoms with Crippen molar-refractivity contribution in [1.82, 2.24) is 14.4 Å². The zero-order valence-corrected chi connectivity index (χ0v) is 12.3. The Bertz CT molecular complexity index is 766. The van der Waals surface area contributed by atoms with Crippen molar-refractivity contribution in [2.45, 2.75) is 13.3 Å². The molecule has 21 heavy (non-hydrogen) atoms. The van der Waals surface area contributed by atoms with Crippen LogP contribution in [-0.2, 0) is 6.42 Å². The molecule has 2 heterocycles. The molecule has 0 radical (unpaired) electrons. The molecular formula is C16H17N3O2. The lowest BCUT2D eigenvalue weighted by atomic mass is 10.1. The van der Waals surface area contributed by atoms with E-state index in [-0.39, 0.29) is 0 Å². The molecular weight excluding hydrogens is 266 g/mol. The highest BCUT2D eigenvalue weighted by atomic mass is 16.5. The van der Waals surface area contributed by atoms with Crippen LogP contribution in [0.4, 0.5) is 0 Å². The highest BCUT2D eigenvalue weighted by Crippen LogP contribution is 2.29. The van der Waals surface area contributed by atoms with E-state index in [9.17, 15) is 0 Å². The maximum absolute atomic E-state index is 5.46. The number of benzene rings is 1. The molecule has 3 aromatic rings. The number of methoxy groups -OCH3 is 2. The number of imidazole rings is 1. The first-order chi connectivity index (χ1) is 10.3. The molecule has 0 fully saturated rings. The van der Waals surface area contributed by atoms with Gasteiger partial charge in [-0.3, -0.25) is 4.40 Å². The summed E-state index contributed by atoms with van der Waals surface area (Å²) in [6.45, 7) is 2.10. The largest absolute Gasteiger partial charge is 0.482 e. The van der Waals surface area contributed by atoms with Gasteiger partial charge in [-0.2, -0.15) is 4.98 Å². The first-order valence-corrected chi connectivity index (χ1v) is 6.84. The SMILES string of the molecule is CCc1c(-c2ccccc2)nc2nc(OC)cc(OC)n12. The molecule has 0 atom stereocenters. The average Bonchev–Trinajstić information content (AvgIpc) is 2.93. The molecule has 0 amide bonds. The van der Waals surface area contributed by atoms with Crippen LogP contribution in [0, 0.1) is 0 Å². The van der Waals surface area contributed by atoms with E-state index < -0.39 is 0 Å². The Balaban J connectivity index is 2.32. The average molecular weight is 283 g/mol. The van der Waals surface area contributed by atoms with Gasteiger partial charge in [-0.05, 0) is 6.42 Å². The zero-order valence-electron chi connectivity index (χ0n) is 12.3. The second kappa shape index (κ2) is 5.44. The monoisotopic (exact) mass is 283 g/mol. The summed E-state index contributed by atoms with van der Waals surface area (Å²) in [5.74, 6) is 1.75. The second-order valence-electron chi connectivity index (χ2n) is 4.60. The minimum absolute atomic E-state index is 0.492. The Kier molecular flexibility index (Phi) is 3.48. The number of ether oxygens (including phenoxy) is 2. The molecule has 0 N–H and O–H groups in total. The molecule has 0 saturated heterocycles. The van der Waals surface area contributed by atoms with Gasteiger partial charge in [0.2, 0.25) is 17.5 Å². The van der Waals surface area contributed by atoms with E-state index in [1.165, 1.54) is 0 Å². The van der Waals surface area contributed by atoms with E-state index in [1.807, 2.05) is 34.7 Å². The minimum Gasteiger partial charge on any atom is -0.482 e. The van der Waals surface area contributed by atoms with Gasteiger partial charge in [-0.25, -0.2) is 4.98 Å². The molecule has 1 aromatic carbocycles. The molecule has 0 aliphatic carbocycles. The van der Waals surface area contributed by atoms with Crippen LogP contribution < -0.4 is 9.47 Å². The molecule has 0 unspecified atom stereocenters. The van der Waals surface area contributed by atoms with Gasteiger partial charge >= 0.3 is 0 Å². The van der Waals surface area contributed by atoms with Crippen LogP contribution in [0.25, 0.3) is 17.0 Å². The van der Waals surface area contributed by atoms with Crippen molar-refractivity contribution < 1.29 is 9.47 Å². The Morgan fingerprint density at radius 1 is 1.05 bits per heavy atom. The van der Waals surface area contributed by atoms with E-state index >= 15 is 0 Å². The van der Waals surface area contributed by atoms with Crippen molar-refractivity contribution in [3.05, 3.63) is 42.1 Å². The molecule has 5 heteroatoms. The van der Waals surface area contributed by atoms with Gasteiger partial charge in [0.15, 0.2) is 0 Å². The predicted octanol–water partition coefficient (Wildman–Crippen LogP) is 2.98. The van der Waals surface area contributed by atoms with Crippen LogP contribution in [0.2, 0.25) is 0 Å². The summed E-state index contributed by atoms with van der Waals surface area (Å²) < 4.78 is 12.6. The highest BCUT2D eigenvalue weighted by Gasteiger charge is 2.17. The van der Waals surface area contributed by atoms with Gasteiger partial charge in [-0.1, -0.05) is 37.3 Å². The second-order valence-corrected chi connectivity index (χ2v) is 4.60. The summed E-state index contributed by atoms with van der Waals surface area (Å²) in [5, 5.41) is 0. The molecule has 0 aliphatic rings. The Morgan fingerprint density at radius 2 is 1.81 bits per heavy atom. The molecule has 0 bridgehead atoms. The smallest absolute Gasteiger partial charge is 0.240 e. The summed E-state index contributed by atoms with van der Waals surface area (Å²) in [7, 11) is 3.22. The van der Waals surface area contributed by atoms with Crippen LogP contribution in [0.5, 0.6) is 11.8 Å². The lowest BCUT2D eigenvalue weighted by Crippen LogP contribution is -2.01. The van der Waals surface area contributed by atoms with Gasteiger partial charge in [0, 0.05) is 5.56 Å². The number of aromatic nitrogens is 3. The van der Waals surface area contributed by atoms with Crippen LogP contribution >= 0.6 is 0 Å².